The Hall–Kier alpha value is -3.36. The van der Waals surface area contributed by atoms with Gasteiger partial charge in [0.2, 0.25) is 0 Å². The molecule has 7 nitrogen and oxygen atoms in total. The van der Waals surface area contributed by atoms with E-state index in [0.717, 1.165) is 0 Å². The van der Waals surface area contributed by atoms with Crippen LogP contribution in [0.4, 0.5) is 0 Å². The van der Waals surface area contributed by atoms with Crippen molar-refractivity contribution in [3.63, 3.8) is 0 Å². The second kappa shape index (κ2) is 9.87. The summed E-state index contributed by atoms with van der Waals surface area (Å²) < 4.78 is 18.4. The van der Waals surface area contributed by atoms with E-state index < -0.39 is 12.0 Å². The molecule has 0 bridgehead atoms. The quantitative estimate of drug-likeness (QED) is 0.486. The van der Waals surface area contributed by atoms with Crippen LogP contribution in [-0.2, 0) is 9.53 Å². The van der Waals surface area contributed by atoms with Crippen molar-refractivity contribution in [3.8, 4) is 11.5 Å². The zero-order valence-corrected chi connectivity index (χ0v) is 20.7. The molecule has 0 aliphatic carbocycles. The highest BCUT2D eigenvalue weighted by Crippen LogP contribution is 2.40. The molecule has 34 heavy (non-hydrogen) atoms. The summed E-state index contributed by atoms with van der Waals surface area (Å²) in [6, 6.07) is 11.8. The number of hydrogen-bond donors (Lipinski definition) is 0. The number of thiazole rings is 1. The van der Waals surface area contributed by atoms with Crippen molar-refractivity contribution in [1.29, 1.82) is 0 Å². The number of allylic oxidation sites excluding steroid dienone is 1. The fourth-order valence-electron chi connectivity index (χ4n) is 3.95. The largest absolute Gasteiger partial charge is 0.493 e. The van der Waals surface area contributed by atoms with Gasteiger partial charge in [-0.1, -0.05) is 53.3 Å². The first-order chi connectivity index (χ1) is 16.4. The number of carbonyl (C=O) groups excluding carboxylic acids is 1. The summed E-state index contributed by atoms with van der Waals surface area (Å²) in [5.41, 5.74) is 1.74. The number of fused-ring (bicyclic) bond motifs is 1. The zero-order valence-electron chi connectivity index (χ0n) is 19.1. The molecule has 0 radical (unpaired) electrons. The van der Waals surface area contributed by atoms with Crippen molar-refractivity contribution in [1.82, 2.24) is 4.57 Å². The van der Waals surface area contributed by atoms with Crippen molar-refractivity contribution < 1.29 is 19.0 Å². The summed E-state index contributed by atoms with van der Waals surface area (Å²) in [6.45, 7) is 3.65. The second-order valence-corrected chi connectivity index (χ2v) is 8.82. The molecule has 1 atom stereocenters. The molecule has 1 aliphatic rings. The number of para-hydroxylation sites is 1. The van der Waals surface area contributed by atoms with Crippen LogP contribution in [0.3, 0.4) is 0 Å². The fourth-order valence-corrected chi connectivity index (χ4v) is 5.17. The number of ether oxygens (including phenoxy) is 3. The van der Waals surface area contributed by atoms with E-state index in [1.54, 1.807) is 44.2 Å². The monoisotopic (exact) mass is 498 g/mol. The van der Waals surface area contributed by atoms with E-state index in [4.69, 9.17) is 25.8 Å². The van der Waals surface area contributed by atoms with Gasteiger partial charge in [0, 0.05) is 10.6 Å². The Labute approximate surface area is 205 Å². The Kier molecular flexibility index (Phi) is 6.90. The smallest absolute Gasteiger partial charge is 0.338 e. The lowest BCUT2D eigenvalue weighted by Crippen LogP contribution is -2.40. The maximum Gasteiger partial charge on any atom is 0.338 e. The predicted octanol–water partition coefficient (Wildman–Crippen LogP) is 3.47. The molecule has 3 aromatic rings. The van der Waals surface area contributed by atoms with Gasteiger partial charge >= 0.3 is 5.97 Å². The van der Waals surface area contributed by atoms with Crippen LogP contribution in [0, 0.1) is 0 Å². The van der Waals surface area contributed by atoms with Gasteiger partial charge in [0.15, 0.2) is 16.3 Å². The molecule has 0 fully saturated rings. The minimum Gasteiger partial charge on any atom is -0.493 e. The maximum absolute atomic E-state index is 13.7. The SMILES string of the molecule is CCOC(=O)C1=C(C)N=c2s/c(=C\c3ccccc3Cl)c(=O)n2C1c1cccc(OC)c1OC. The van der Waals surface area contributed by atoms with Crippen LogP contribution in [0.2, 0.25) is 5.02 Å². The Bertz CT molecular complexity index is 1470. The molecule has 1 unspecified atom stereocenters. The summed E-state index contributed by atoms with van der Waals surface area (Å²) in [5.74, 6) is 0.363. The van der Waals surface area contributed by atoms with Gasteiger partial charge in [-0.2, -0.15) is 0 Å². The van der Waals surface area contributed by atoms with Crippen LogP contribution in [0.5, 0.6) is 11.5 Å². The Morgan fingerprint density at radius 1 is 1.18 bits per heavy atom. The van der Waals surface area contributed by atoms with Crippen LogP contribution >= 0.6 is 22.9 Å². The van der Waals surface area contributed by atoms with E-state index in [2.05, 4.69) is 4.99 Å². The number of hydrogen-bond acceptors (Lipinski definition) is 7. The van der Waals surface area contributed by atoms with Crippen LogP contribution in [0.25, 0.3) is 6.08 Å². The summed E-state index contributed by atoms with van der Waals surface area (Å²) in [7, 11) is 3.05. The normalized spacial score (nSPS) is 15.6. The van der Waals surface area contributed by atoms with Gasteiger partial charge in [0.1, 0.15) is 6.04 Å². The van der Waals surface area contributed by atoms with Crippen LogP contribution < -0.4 is 24.4 Å². The molecule has 2 aromatic carbocycles. The predicted molar refractivity (Wildman–Crippen MR) is 131 cm³/mol. The van der Waals surface area contributed by atoms with E-state index >= 15 is 0 Å². The molecule has 2 heterocycles. The molecule has 0 spiro atoms. The standard InChI is InChI=1S/C25H23ClN2O5S/c1-5-33-24(30)20-14(2)27-25-28(21(20)16-10-8-12-18(31-3)22(16)32-4)23(29)19(34-25)13-15-9-6-7-11-17(15)26/h6-13,21H,5H2,1-4H3/b19-13-. The van der Waals surface area contributed by atoms with E-state index in [0.29, 0.717) is 42.7 Å². The van der Waals surface area contributed by atoms with Crippen molar-refractivity contribution >= 4 is 35.0 Å². The molecular formula is C25H23ClN2O5S. The molecule has 0 N–H and O–H groups in total. The molecule has 1 aliphatic heterocycles. The van der Waals surface area contributed by atoms with Crippen LogP contribution in [-0.4, -0.2) is 31.4 Å². The third-order valence-electron chi connectivity index (χ3n) is 5.44. The lowest BCUT2D eigenvalue weighted by molar-refractivity contribution is -0.139. The molecule has 9 heteroatoms. The van der Waals surface area contributed by atoms with E-state index in [-0.39, 0.29) is 17.7 Å². The number of aromatic nitrogens is 1. The number of benzene rings is 2. The summed E-state index contributed by atoms with van der Waals surface area (Å²) >= 11 is 7.54. The minimum atomic E-state index is -0.811. The lowest BCUT2D eigenvalue weighted by atomic mass is 9.94. The highest BCUT2D eigenvalue weighted by atomic mass is 35.5. The third kappa shape index (κ3) is 4.15. The average molecular weight is 499 g/mol. The van der Waals surface area contributed by atoms with Crippen molar-refractivity contribution in [2.24, 2.45) is 4.99 Å². The van der Waals surface area contributed by atoms with E-state index in [1.165, 1.54) is 30.1 Å². The van der Waals surface area contributed by atoms with Crippen LogP contribution in [0.1, 0.15) is 31.0 Å². The van der Waals surface area contributed by atoms with Gasteiger partial charge < -0.3 is 14.2 Å². The first-order valence-corrected chi connectivity index (χ1v) is 11.8. The number of nitrogens with zero attached hydrogens (tertiary/aromatic N) is 2. The first kappa shape index (κ1) is 23.8. The topological polar surface area (TPSA) is 79.1 Å². The summed E-state index contributed by atoms with van der Waals surface area (Å²) in [6.07, 6.45) is 1.73. The van der Waals surface area contributed by atoms with Crippen LogP contribution in [0.15, 0.2) is 63.5 Å². The van der Waals surface area contributed by atoms with Gasteiger partial charge in [-0.05, 0) is 37.6 Å². The number of methoxy groups -OCH3 is 2. The summed E-state index contributed by atoms with van der Waals surface area (Å²) in [4.78, 5) is 31.8. The van der Waals surface area contributed by atoms with E-state index in [9.17, 15) is 9.59 Å². The van der Waals surface area contributed by atoms with E-state index in [1.807, 2.05) is 18.2 Å². The minimum absolute atomic E-state index is 0.189. The Morgan fingerprint density at radius 2 is 1.94 bits per heavy atom. The van der Waals surface area contributed by atoms with Gasteiger partial charge in [0.05, 0.1) is 36.6 Å². The number of rotatable bonds is 6. The Morgan fingerprint density at radius 3 is 2.62 bits per heavy atom. The number of esters is 1. The van der Waals surface area contributed by atoms with Crippen molar-refractivity contribution in [2.75, 3.05) is 20.8 Å². The molecule has 0 saturated heterocycles. The van der Waals surface area contributed by atoms with Crippen molar-refractivity contribution in [3.05, 3.63) is 89.6 Å². The van der Waals surface area contributed by atoms with Crippen molar-refractivity contribution in [2.45, 2.75) is 19.9 Å². The third-order valence-corrected chi connectivity index (χ3v) is 6.76. The van der Waals surface area contributed by atoms with Gasteiger partial charge in [-0.3, -0.25) is 9.36 Å². The first-order valence-electron chi connectivity index (χ1n) is 10.6. The van der Waals surface area contributed by atoms with Gasteiger partial charge in [-0.25, -0.2) is 9.79 Å². The summed E-state index contributed by atoms with van der Waals surface area (Å²) in [5, 5.41) is 0.530. The molecule has 176 valence electrons. The zero-order chi connectivity index (χ0) is 24.4. The molecule has 0 amide bonds. The molecular weight excluding hydrogens is 476 g/mol. The van der Waals surface area contributed by atoms with Gasteiger partial charge in [0.25, 0.3) is 5.56 Å². The highest BCUT2D eigenvalue weighted by molar-refractivity contribution is 7.07. The highest BCUT2D eigenvalue weighted by Gasteiger charge is 2.35. The lowest BCUT2D eigenvalue weighted by Gasteiger charge is -2.26. The molecule has 1 aromatic heterocycles. The second-order valence-electron chi connectivity index (χ2n) is 7.41. The fraction of sp³-hybridized carbons (Fsp3) is 0.240. The molecule has 0 saturated carbocycles. The Balaban J connectivity index is 2.04. The average Bonchev–Trinajstić information content (AvgIpc) is 3.13. The molecule has 4 rings (SSSR count). The number of halogens is 1. The maximum atomic E-state index is 13.7. The number of carbonyl (C=O) groups is 1. The van der Waals surface area contributed by atoms with Gasteiger partial charge in [-0.15, -0.1) is 0 Å².